The third kappa shape index (κ3) is 7.03. The van der Waals surface area contributed by atoms with E-state index in [0.717, 1.165) is 35.1 Å². The molecule has 6 heteroatoms. The van der Waals surface area contributed by atoms with Gasteiger partial charge in [-0.1, -0.05) is 71.9 Å². The number of rotatable bonds is 9. The predicted molar refractivity (Wildman–Crippen MR) is 124 cm³/mol. The molecular weight excluding hydrogens is 419 g/mol. The van der Waals surface area contributed by atoms with Crippen molar-refractivity contribution in [3.8, 4) is 0 Å². The van der Waals surface area contributed by atoms with E-state index in [2.05, 4.69) is 18.3 Å². The van der Waals surface area contributed by atoms with Crippen LogP contribution in [0.5, 0.6) is 0 Å². The Balaban J connectivity index is 2.26. The summed E-state index contributed by atoms with van der Waals surface area (Å²) in [5.74, 6) is -0.286. The molecule has 0 aromatic heterocycles. The average Bonchev–Trinajstić information content (AvgIpc) is 2.66. The standard InChI is InChI=1S/C24H30Cl2N2O2/c1-5-6-9-27-24(30)18(4)28(15-20-7-8-21(25)14-22(20)26)23(29)13-19-11-16(2)10-17(3)12-19/h7-8,10-12,14,18H,5-6,9,13,15H2,1-4H3,(H,27,30). The number of aryl methyl sites for hydroxylation is 2. The van der Waals surface area contributed by atoms with Gasteiger partial charge in [-0.15, -0.1) is 0 Å². The van der Waals surface area contributed by atoms with Gasteiger partial charge in [0.2, 0.25) is 11.8 Å². The van der Waals surface area contributed by atoms with E-state index in [1.54, 1.807) is 30.0 Å². The van der Waals surface area contributed by atoms with Crippen molar-refractivity contribution in [3.05, 3.63) is 68.7 Å². The lowest BCUT2D eigenvalue weighted by atomic mass is 10.0. The van der Waals surface area contributed by atoms with Crippen molar-refractivity contribution in [3.63, 3.8) is 0 Å². The Morgan fingerprint density at radius 3 is 2.33 bits per heavy atom. The molecule has 2 aromatic rings. The molecule has 1 N–H and O–H groups in total. The fourth-order valence-corrected chi connectivity index (χ4v) is 3.87. The minimum Gasteiger partial charge on any atom is -0.354 e. The molecule has 0 saturated heterocycles. The van der Waals surface area contributed by atoms with Crippen LogP contribution < -0.4 is 5.32 Å². The van der Waals surface area contributed by atoms with Crippen LogP contribution in [0.1, 0.15) is 48.9 Å². The number of amides is 2. The molecule has 4 nitrogen and oxygen atoms in total. The minimum absolute atomic E-state index is 0.121. The Bertz CT molecular complexity index is 879. The molecule has 0 bridgehead atoms. The Morgan fingerprint density at radius 2 is 1.73 bits per heavy atom. The second-order valence-corrected chi connectivity index (χ2v) is 8.59. The topological polar surface area (TPSA) is 49.4 Å². The lowest BCUT2D eigenvalue weighted by Crippen LogP contribution is -2.48. The van der Waals surface area contributed by atoms with Gasteiger partial charge >= 0.3 is 0 Å². The predicted octanol–water partition coefficient (Wildman–Crippen LogP) is 5.49. The van der Waals surface area contributed by atoms with Crippen molar-refractivity contribution in [2.24, 2.45) is 0 Å². The molecule has 2 amide bonds. The Morgan fingerprint density at radius 1 is 1.07 bits per heavy atom. The molecule has 0 fully saturated rings. The first-order valence-corrected chi connectivity index (χ1v) is 11.0. The summed E-state index contributed by atoms with van der Waals surface area (Å²) in [7, 11) is 0. The number of nitrogens with zero attached hydrogens (tertiary/aromatic N) is 1. The van der Waals surface area contributed by atoms with Gasteiger partial charge in [0.05, 0.1) is 6.42 Å². The van der Waals surface area contributed by atoms with Crippen LogP contribution in [-0.4, -0.2) is 29.3 Å². The highest BCUT2D eigenvalue weighted by atomic mass is 35.5. The van der Waals surface area contributed by atoms with Gasteiger partial charge in [-0.2, -0.15) is 0 Å². The van der Waals surface area contributed by atoms with Crippen LogP contribution in [0, 0.1) is 13.8 Å². The molecule has 30 heavy (non-hydrogen) atoms. The first-order chi connectivity index (χ1) is 14.2. The third-order valence-corrected chi connectivity index (χ3v) is 5.58. The zero-order chi connectivity index (χ0) is 22.3. The highest BCUT2D eigenvalue weighted by molar-refractivity contribution is 6.35. The van der Waals surface area contributed by atoms with Crippen molar-refractivity contribution in [2.45, 2.75) is 59.5 Å². The zero-order valence-electron chi connectivity index (χ0n) is 18.1. The molecule has 1 atom stereocenters. The number of unbranched alkanes of at least 4 members (excludes halogenated alkanes) is 1. The minimum atomic E-state index is -0.619. The molecule has 0 saturated carbocycles. The van der Waals surface area contributed by atoms with Crippen molar-refractivity contribution in [2.75, 3.05) is 6.54 Å². The van der Waals surface area contributed by atoms with Crippen molar-refractivity contribution in [1.29, 1.82) is 0 Å². The Kier molecular flexibility index (Phi) is 9.19. The number of hydrogen-bond donors (Lipinski definition) is 1. The first kappa shape index (κ1) is 24.2. The van der Waals surface area contributed by atoms with E-state index in [0.29, 0.717) is 16.6 Å². The SMILES string of the molecule is CCCCNC(=O)C(C)N(Cc1ccc(Cl)cc1Cl)C(=O)Cc1cc(C)cc(C)c1. The van der Waals surface area contributed by atoms with Gasteiger partial charge in [-0.3, -0.25) is 9.59 Å². The van der Waals surface area contributed by atoms with Crippen molar-refractivity contribution < 1.29 is 9.59 Å². The van der Waals surface area contributed by atoms with Crippen LogP contribution in [0.3, 0.4) is 0 Å². The van der Waals surface area contributed by atoms with E-state index >= 15 is 0 Å². The van der Waals surface area contributed by atoms with Crippen molar-refractivity contribution >= 4 is 35.0 Å². The average molecular weight is 449 g/mol. The molecular formula is C24H30Cl2N2O2. The van der Waals surface area contributed by atoms with Crippen LogP contribution in [-0.2, 0) is 22.6 Å². The molecule has 0 aliphatic carbocycles. The summed E-state index contributed by atoms with van der Waals surface area (Å²) in [6.07, 6.45) is 2.11. The summed E-state index contributed by atoms with van der Waals surface area (Å²) in [4.78, 5) is 27.6. The maximum atomic E-state index is 13.3. The van der Waals surface area contributed by atoms with Crippen LogP contribution in [0.25, 0.3) is 0 Å². The largest absolute Gasteiger partial charge is 0.354 e. The molecule has 1 unspecified atom stereocenters. The highest BCUT2D eigenvalue weighted by Crippen LogP contribution is 2.24. The normalized spacial score (nSPS) is 11.8. The number of hydrogen-bond acceptors (Lipinski definition) is 2. The lowest BCUT2D eigenvalue weighted by Gasteiger charge is -2.29. The quantitative estimate of drug-likeness (QED) is 0.515. The summed E-state index contributed by atoms with van der Waals surface area (Å²) in [5.41, 5.74) is 3.90. The van der Waals surface area contributed by atoms with E-state index in [-0.39, 0.29) is 24.8 Å². The number of nitrogens with one attached hydrogen (secondary N) is 1. The first-order valence-electron chi connectivity index (χ1n) is 10.3. The van der Waals surface area contributed by atoms with E-state index in [1.165, 1.54) is 0 Å². The van der Waals surface area contributed by atoms with Crippen LogP contribution in [0.2, 0.25) is 10.0 Å². The second-order valence-electron chi connectivity index (χ2n) is 7.75. The molecule has 0 aliphatic heterocycles. The van der Waals surface area contributed by atoms with Crippen LogP contribution >= 0.6 is 23.2 Å². The summed E-state index contributed by atoms with van der Waals surface area (Å²) in [5, 5.41) is 3.93. The van der Waals surface area contributed by atoms with Gasteiger partial charge in [0.25, 0.3) is 0 Å². The van der Waals surface area contributed by atoms with E-state index in [4.69, 9.17) is 23.2 Å². The maximum absolute atomic E-state index is 13.3. The van der Waals surface area contributed by atoms with Gasteiger partial charge in [-0.05, 0) is 50.5 Å². The van der Waals surface area contributed by atoms with Gasteiger partial charge in [0.1, 0.15) is 6.04 Å². The summed E-state index contributed by atoms with van der Waals surface area (Å²) < 4.78 is 0. The monoisotopic (exact) mass is 448 g/mol. The fourth-order valence-electron chi connectivity index (χ4n) is 3.40. The molecule has 0 radical (unpaired) electrons. The summed E-state index contributed by atoms with van der Waals surface area (Å²) >= 11 is 12.4. The Hall–Kier alpha value is -2.04. The van der Waals surface area contributed by atoms with Gasteiger partial charge in [-0.25, -0.2) is 0 Å². The fraction of sp³-hybridized carbons (Fsp3) is 0.417. The molecule has 2 rings (SSSR count). The number of halogens is 2. The second kappa shape index (κ2) is 11.4. The maximum Gasteiger partial charge on any atom is 0.242 e. The van der Waals surface area contributed by atoms with Crippen LogP contribution in [0.15, 0.2) is 36.4 Å². The summed E-state index contributed by atoms with van der Waals surface area (Å²) in [6.45, 7) is 8.68. The van der Waals surface area contributed by atoms with E-state index in [9.17, 15) is 9.59 Å². The van der Waals surface area contributed by atoms with E-state index in [1.807, 2.05) is 26.0 Å². The van der Waals surface area contributed by atoms with Gasteiger partial charge < -0.3 is 10.2 Å². The molecule has 2 aromatic carbocycles. The zero-order valence-corrected chi connectivity index (χ0v) is 19.6. The third-order valence-electron chi connectivity index (χ3n) is 4.99. The van der Waals surface area contributed by atoms with Crippen molar-refractivity contribution in [1.82, 2.24) is 10.2 Å². The smallest absolute Gasteiger partial charge is 0.242 e. The molecule has 0 spiro atoms. The molecule has 0 heterocycles. The van der Waals surface area contributed by atoms with Gasteiger partial charge in [0, 0.05) is 23.1 Å². The number of carbonyl (C=O) groups is 2. The molecule has 0 aliphatic rings. The summed E-state index contributed by atoms with van der Waals surface area (Å²) in [6, 6.07) is 10.6. The van der Waals surface area contributed by atoms with E-state index < -0.39 is 6.04 Å². The Labute approximate surface area is 189 Å². The van der Waals surface area contributed by atoms with Gasteiger partial charge in [0.15, 0.2) is 0 Å². The molecule has 162 valence electrons. The highest BCUT2D eigenvalue weighted by Gasteiger charge is 2.26. The number of benzene rings is 2. The number of carbonyl (C=O) groups excluding carboxylic acids is 2. The van der Waals surface area contributed by atoms with Crippen LogP contribution in [0.4, 0.5) is 0 Å². The lowest BCUT2D eigenvalue weighted by molar-refractivity contribution is -0.140.